The number of aromatic nitrogens is 1. The van der Waals surface area contributed by atoms with Crippen LogP contribution < -0.4 is 0 Å². The number of aryl methyl sites for hydroxylation is 1. The summed E-state index contributed by atoms with van der Waals surface area (Å²) in [7, 11) is 1.80. The molecule has 0 saturated carbocycles. The molecule has 2 aromatic carbocycles. The van der Waals surface area contributed by atoms with E-state index in [0.29, 0.717) is 5.56 Å². The van der Waals surface area contributed by atoms with E-state index in [1.54, 1.807) is 11.9 Å². The lowest BCUT2D eigenvalue weighted by molar-refractivity contribution is -0.131. The Balaban J connectivity index is 1.50. The van der Waals surface area contributed by atoms with Crippen molar-refractivity contribution in [2.75, 3.05) is 7.05 Å². The molecular formula is C21H20F2N2O. The summed E-state index contributed by atoms with van der Waals surface area (Å²) in [6, 6.07) is 14.2. The van der Waals surface area contributed by atoms with Crippen LogP contribution in [0.15, 0.2) is 48.5 Å². The van der Waals surface area contributed by atoms with Crippen LogP contribution in [0.2, 0.25) is 0 Å². The van der Waals surface area contributed by atoms with Gasteiger partial charge in [-0.25, -0.2) is 8.78 Å². The zero-order valence-corrected chi connectivity index (χ0v) is 14.6. The predicted octanol–water partition coefficient (Wildman–Crippen LogP) is 3.94. The van der Waals surface area contributed by atoms with Gasteiger partial charge in [-0.15, -0.1) is 0 Å². The van der Waals surface area contributed by atoms with Crippen molar-refractivity contribution in [1.82, 2.24) is 9.47 Å². The number of nitrogens with zero attached hydrogens (tertiary/aromatic N) is 2. The van der Waals surface area contributed by atoms with Gasteiger partial charge in [0.25, 0.3) is 0 Å². The molecule has 1 aliphatic rings. The van der Waals surface area contributed by atoms with Crippen molar-refractivity contribution in [2.45, 2.75) is 31.8 Å². The van der Waals surface area contributed by atoms with Crippen LogP contribution in [0.25, 0.3) is 10.9 Å². The second-order valence-corrected chi connectivity index (χ2v) is 6.93. The maximum Gasteiger partial charge on any atom is 0.227 e. The fraction of sp³-hybridized carbons (Fsp3) is 0.286. The molecule has 5 heteroatoms. The van der Waals surface area contributed by atoms with Crippen molar-refractivity contribution in [1.29, 1.82) is 0 Å². The first-order chi connectivity index (χ1) is 12.5. The van der Waals surface area contributed by atoms with E-state index in [1.807, 2.05) is 12.1 Å². The predicted molar refractivity (Wildman–Crippen MR) is 96.9 cm³/mol. The Morgan fingerprint density at radius 3 is 2.77 bits per heavy atom. The van der Waals surface area contributed by atoms with E-state index in [0.717, 1.165) is 31.5 Å². The average molecular weight is 354 g/mol. The van der Waals surface area contributed by atoms with Gasteiger partial charge in [0.1, 0.15) is 0 Å². The van der Waals surface area contributed by atoms with Gasteiger partial charge in [0.2, 0.25) is 5.91 Å². The zero-order valence-electron chi connectivity index (χ0n) is 14.6. The number of carbonyl (C=O) groups excluding carboxylic acids is 1. The Kier molecular flexibility index (Phi) is 4.23. The number of amides is 1. The highest BCUT2D eigenvalue weighted by molar-refractivity contribution is 5.82. The summed E-state index contributed by atoms with van der Waals surface area (Å²) in [5, 5.41) is 1.22. The molecule has 3 aromatic rings. The number of hydrogen-bond donors (Lipinski definition) is 0. The van der Waals surface area contributed by atoms with Crippen LogP contribution in [-0.4, -0.2) is 28.5 Å². The Hall–Kier alpha value is -2.69. The molecule has 0 N–H and O–H groups in total. The van der Waals surface area contributed by atoms with Gasteiger partial charge in [0, 0.05) is 30.8 Å². The highest BCUT2D eigenvalue weighted by Crippen LogP contribution is 2.27. The van der Waals surface area contributed by atoms with Gasteiger partial charge in [-0.3, -0.25) is 4.79 Å². The first-order valence-corrected chi connectivity index (χ1v) is 8.79. The van der Waals surface area contributed by atoms with Crippen LogP contribution in [0.3, 0.4) is 0 Å². The molecular weight excluding hydrogens is 334 g/mol. The minimum Gasteiger partial charge on any atom is -0.343 e. The fourth-order valence-corrected chi connectivity index (χ4v) is 3.78. The first-order valence-electron chi connectivity index (χ1n) is 8.79. The molecule has 134 valence electrons. The molecule has 1 aliphatic heterocycles. The van der Waals surface area contributed by atoms with E-state index >= 15 is 0 Å². The molecule has 0 aliphatic carbocycles. The molecule has 1 amide bonds. The maximum absolute atomic E-state index is 13.4. The smallest absolute Gasteiger partial charge is 0.227 e. The van der Waals surface area contributed by atoms with Gasteiger partial charge >= 0.3 is 0 Å². The molecule has 0 unspecified atom stereocenters. The van der Waals surface area contributed by atoms with Crippen molar-refractivity contribution in [2.24, 2.45) is 0 Å². The summed E-state index contributed by atoms with van der Waals surface area (Å²) in [6.07, 6.45) is 1.89. The normalized spacial score (nSPS) is 16.5. The summed E-state index contributed by atoms with van der Waals surface area (Å²) in [4.78, 5) is 14.4. The van der Waals surface area contributed by atoms with Gasteiger partial charge in [0.05, 0.1) is 6.42 Å². The second kappa shape index (κ2) is 6.56. The molecule has 4 rings (SSSR count). The fourth-order valence-electron chi connectivity index (χ4n) is 3.78. The summed E-state index contributed by atoms with van der Waals surface area (Å²) in [6.45, 7) is 0.753. The van der Waals surface area contributed by atoms with E-state index in [4.69, 9.17) is 0 Å². The molecule has 2 heterocycles. The van der Waals surface area contributed by atoms with Crippen LogP contribution >= 0.6 is 0 Å². The van der Waals surface area contributed by atoms with Crippen molar-refractivity contribution in [3.63, 3.8) is 0 Å². The lowest BCUT2D eigenvalue weighted by Crippen LogP contribution is -2.43. The van der Waals surface area contributed by atoms with E-state index in [9.17, 15) is 13.6 Å². The highest BCUT2D eigenvalue weighted by atomic mass is 19.2. The third-order valence-corrected chi connectivity index (χ3v) is 5.30. The number of halogens is 2. The molecule has 3 nitrogen and oxygen atoms in total. The van der Waals surface area contributed by atoms with Crippen LogP contribution in [0.4, 0.5) is 8.78 Å². The van der Waals surface area contributed by atoms with Crippen LogP contribution in [0, 0.1) is 11.6 Å². The highest BCUT2D eigenvalue weighted by Gasteiger charge is 2.26. The molecule has 0 saturated heterocycles. The molecule has 26 heavy (non-hydrogen) atoms. The largest absolute Gasteiger partial charge is 0.343 e. The molecule has 0 bridgehead atoms. The Labute approximate surface area is 150 Å². The van der Waals surface area contributed by atoms with E-state index in [-0.39, 0.29) is 18.4 Å². The molecule has 0 spiro atoms. The summed E-state index contributed by atoms with van der Waals surface area (Å²) in [5.74, 6) is -1.89. The van der Waals surface area contributed by atoms with Gasteiger partial charge in [-0.05, 0) is 48.1 Å². The van der Waals surface area contributed by atoms with E-state index in [1.165, 1.54) is 22.7 Å². The third-order valence-electron chi connectivity index (χ3n) is 5.30. The molecule has 1 aromatic heterocycles. The van der Waals surface area contributed by atoms with Crippen molar-refractivity contribution < 1.29 is 13.6 Å². The number of likely N-dealkylation sites (N-methyl/N-ethyl adjacent to an activating group) is 1. The van der Waals surface area contributed by atoms with Crippen LogP contribution in [-0.2, 0) is 24.2 Å². The van der Waals surface area contributed by atoms with Crippen LogP contribution in [0.1, 0.15) is 17.7 Å². The number of rotatable bonds is 3. The van der Waals surface area contributed by atoms with E-state index < -0.39 is 11.6 Å². The molecule has 0 radical (unpaired) electrons. The summed E-state index contributed by atoms with van der Waals surface area (Å²) >= 11 is 0. The number of para-hydroxylation sites is 1. The van der Waals surface area contributed by atoms with Gasteiger partial charge in [-0.2, -0.15) is 0 Å². The first kappa shape index (κ1) is 16.8. The van der Waals surface area contributed by atoms with Crippen molar-refractivity contribution in [3.05, 3.63) is 71.4 Å². The minimum absolute atomic E-state index is 0.0729. The summed E-state index contributed by atoms with van der Waals surface area (Å²) in [5.41, 5.74) is 2.97. The number of hydrogen-bond acceptors (Lipinski definition) is 1. The Morgan fingerprint density at radius 2 is 1.96 bits per heavy atom. The van der Waals surface area contributed by atoms with Gasteiger partial charge in [0.15, 0.2) is 11.6 Å². The minimum atomic E-state index is -0.918. The maximum atomic E-state index is 13.4. The SMILES string of the molecule is CN(C(=O)Cc1ccc(F)c(F)c1)[C@@H]1CCc2cc3ccccc3n2C1. The number of fused-ring (bicyclic) bond motifs is 3. The van der Waals surface area contributed by atoms with Crippen molar-refractivity contribution >= 4 is 16.8 Å². The molecule has 0 fully saturated rings. The Morgan fingerprint density at radius 1 is 1.15 bits per heavy atom. The Bertz CT molecular complexity index is 979. The number of benzene rings is 2. The summed E-state index contributed by atoms with van der Waals surface area (Å²) < 4.78 is 28.7. The third kappa shape index (κ3) is 2.98. The standard InChI is InChI=1S/C21H20F2N2O/c1-24(21(26)11-14-6-9-18(22)19(23)10-14)17-8-7-16-12-15-4-2-3-5-20(15)25(16)13-17/h2-6,9-10,12,17H,7-8,11,13H2,1H3/t17-/m1/s1. The van der Waals surface area contributed by atoms with Gasteiger partial charge in [-0.1, -0.05) is 24.3 Å². The zero-order chi connectivity index (χ0) is 18.3. The second-order valence-electron chi connectivity index (χ2n) is 6.93. The average Bonchev–Trinajstić information content (AvgIpc) is 3.02. The van der Waals surface area contributed by atoms with E-state index in [2.05, 4.69) is 22.8 Å². The monoisotopic (exact) mass is 354 g/mol. The van der Waals surface area contributed by atoms with Gasteiger partial charge < -0.3 is 9.47 Å². The topological polar surface area (TPSA) is 25.2 Å². The lowest BCUT2D eigenvalue weighted by atomic mass is 10.0. The van der Waals surface area contributed by atoms with Crippen LogP contribution in [0.5, 0.6) is 0 Å². The lowest BCUT2D eigenvalue weighted by Gasteiger charge is -2.33. The quantitative estimate of drug-likeness (QED) is 0.699. The molecule has 1 atom stereocenters. The van der Waals surface area contributed by atoms with Crippen molar-refractivity contribution in [3.8, 4) is 0 Å². The number of carbonyl (C=O) groups is 1.